The number of piperidine rings is 1. The van der Waals surface area contributed by atoms with E-state index in [1.165, 1.54) is 10.4 Å². The number of aromatic nitrogens is 2. The number of hydrogen-bond donors (Lipinski definition) is 1. The Balaban J connectivity index is 0.00000150. The van der Waals surface area contributed by atoms with E-state index in [-0.39, 0.29) is 36.3 Å². The first-order chi connectivity index (χ1) is 13.1. The number of aryl methyl sites for hydroxylation is 1. The third-order valence-electron chi connectivity index (χ3n) is 5.63. The highest BCUT2D eigenvalue weighted by Crippen LogP contribution is 2.44. The number of carbonyl (C=O) groups is 1. The molecule has 0 bridgehead atoms. The van der Waals surface area contributed by atoms with Crippen LogP contribution in [-0.4, -0.2) is 46.6 Å². The van der Waals surface area contributed by atoms with Crippen molar-refractivity contribution in [3.63, 3.8) is 0 Å². The average molecular weight is 461 g/mol. The lowest BCUT2D eigenvalue weighted by Gasteiger charge is -2.40. The predicted octanol–water partition coefficient (Wildman–Crippen LogP) is 3.53. The second-order valence-corrected chi connectivity index (χ2v) is 8.54. The van der Waals surface area contributed by atoms with Crippen LogP contribution in [0.5, 0.6) is 0 Å². The summed E-state index contributed by atoms with van der Waals surface area (Å²) in [6.45, 7) is 6.09. The Morgan fingerprint density at radius 1 is 1.38 bits per heavy atom. The zero-order chi connectivity index (χ0) is 18.9. The minimum absolute atomic E-state index is 0. The predicted molar refractivity (Wildman–Crippen MR) is 120 cm³/mol. The van der Waals surface area contributed by atoms with E-state index in [9.17, 15) is 4.79 Å². The lowest BCUT2D eigenvalue weighted by atomic mass is 9.86. The van der Waals surface area contributed by atoms with Gasteiger partial charge in [-0.2, -0.15) is 0 Å². The molecule has 29 heavy (non-hydrogen) atoms. The largest absolute Gasteiger partial charge is 0.369 e. The molecule has 1 spiro atoms. The number of thiophene rings is 1. The number of hydrogen-bond acceptors (Lipinski definition) is 5. The normalized spacial score (nSPS) is 17.2. The van der Waals surface area contributed by atoms with E-state index in [1.807, 2.05) is 22.7 Å². The van der Waals surface area contributed by atoms with E-state index < -0.39 is 0 Å². The van der Waals surface area contributed by atoms with Gasteiger partial charge in [0.2, 0.25) is 0 Å². The van der Waals surface area contributed by atoms with Crippen molar-refractivity contribution in [1.82, 2.24) is 19.8 Å². The van der Waals surface area contributed by atoms with Crippen LogP contribution in [0.4, 0.5) is 0 Å². The molecule has 0 unspecified atom stereocenters. The standard InChI is InChI=1S/C20H28N4O2S.2ClH/c1-3-10-24(14-17-22-9-11-23(17)2)19(25)16-13-15-4-12-26-20(18(15)27-16)5-7-21-8-6-20;;/h9,11,13,21H,3-8,10,12,14H2,1-2H3;2*1H. The average Bonchev–Trinajstić information content (AvgIpc) is 3.29. The Kier molecular flexibility index (Phi) is 8.55. The molecule has 4 heterocycles. The zero-order valence-corrected chi connectivity index (χ0v) is 19.4. The van der Waals surface area contributed by atoms with Gasteiger partial charge in [-0.15, -0.1) is 36.2 Å². The van der Waals surface area contributed by atoms with Gasteiger partial charge in [-0.25, -0.2) is 4.98 Å². The van der Waals surface area contributed by atoms with Gasteiger partial charge in [0, 0.05) is 30.9 Å². The van der Waals surface area contributed by atoms with Gasteiger partial charge in [0.1, 0.15) is 11.4 Å². The van der Waals surface area contributed by atoms with Gasteiger partial charge in [-0.3, -0.25) is 4.79 Å². The van der Waals surface area contributed by atoms with Crippen molar-refractivity contribution in [3.05, 3.63) is 39.6 Å². The summed E-state index contributed by atoms with van der Waals surface area (Å²) in [6.07, 6.45) is 7.51. The zero-order valence-electron chi connectivity index (χ0n) is 17.0. The van der Waals surface area contributed by atoms with Crippen LogP contribution in [0.2, 0.25) is 0 Å². The molecule has 0 atom stereocenters. The van der Waals surface area contributed by atoms with Gasteiger partial charge >= 0.3 is 0 Å². The fourth-order valence-electron chi connectivity index (χ4n) is 4.13. The first-order valence-corrected chi connectivity index (χ1v) is 10.7. The van der Waals surface area contributed by atoms with E-state index in [1.54, 1.807) is 17.5 Å². The van der Waals surface area contributed by atoms with Crippen molar-refractivity contribution in [1.29, 1.82) is 0 Å². The van der Waals surface area contributed by atoms with Crippen molar-refractivity contribution in [2.75, 3.05) is 26.2 Å². The summed E-state index contributed by atoms with van der Waals surface area (Å²) in [6, 6.07) is 2.12. The van der Waals surface area contributed by atoms with E-state index in [4.69, 9.17) is 4.74 Å². The molecular formula is C20H30Cl2N4O2S. The minimum Gasteiger partial charge on any atom is -0.369 e. The molecule has 0 radical (unpaired) electrons. The summed E-state index contributed by atoms with van der Waals surface area (Å²) < 4.78 is 8.25. The molecule has 1 amide bonds. The molecule has 2 aliphatic heterocycles. The van der Waals surface area contributed by atoms with Crippen molar-refractivity contribution < 1.29 is 9.53 Å². The lowest BCUT2D eigenvalue weighted by Crippen LogP contribution is -2.43. The number of halogens is 2. The van der Waals surface area contributed by atoms with Crippen LogP contribution >= 0.6 is 36.2 Å². The molecule has 1 saturated heterocycles. The van der Waals surface area contributed by atoms with E-state index in [0.29, 0.717) is 6.54 Å². The highest BCUT2D eigenvalue weighted by molar-refractivity contribution is 7.14. The molecule has 162 valence electrons. The van der Waals surface area contributed by atoms with E-state index >= 15 is 0 Å². The first kappa shape index (κ1) is 24.2. The molecule has 2 aromatic rings. The molecule has 2 aliphatic rings. The number of nitrogens with zero attached hydrogens (tertiary/aromatic N) is 3. The Hall–Kier alpha value is -1.12. The van der Waals surface area contributed by atoms with Crippen molar-refractivity contribution in [2.24, 2.45) is 7.05 Å². The number of imidazole rings is 1. The van der Waals surface area contributed by atoms with Crippen LogP contribution < -0.4 is 5.32 Å². The van der Waals surface area contributed by atoms with Gasteiger partial charge in [-0.1, -0.05) is 6.92 Å². The number of ether oxygens (including phenoxy) is 1. The van der Waals surface area contributed by atoms with Crippen LogP contribution in [0.3, 0.4) is 0 Å². The van der Waals surface area contributed by atoms with Crippen LogP contribution in [0.15, 0.2) is 18.5 Å². The van der Waals surface area contributed by atoms with Crippen molar-refractivity contribution in [2.45, 2.75) is 44.8 Å². The second kappa shape index (κ2) is 10.3. The topological polar surface area (TPSA) is 59.4 Å². The molecule has 0 aromatic carbocycles. The summed E-state index contributed by atoms with van der Waals surface area (Å²) in [4.78, 5) is 21.7. The van der Waals surface area contributed by atoms with Gasteiger partial charge in [0.15, 0.2) is 0 Å². The number of rotatable bonds is 5. The molecular weight excluding hydrogens is 431 g/mol. The highest BCUT2D eigenvalue weighted by atomic mass is 35.5. The molecule has 2 aromatic heterocycles. The van der Waals surface area contributed by atoms with Crippen LogP contribution in [0.25, 0.3) is 0 Å². The van der Waals surface area contributed by atoms with Crippen LogP contribution in [0.1, 0.15) is 52.1 Å². The Morgan fingerprint density at radius 2 is 2.14 bits per heavy atom. The number of amides is 1. The number of carbonyl (C=O) groups excluding carboxylic acids is 1. The minimum atomic E-state index is -0.183. The van der Waals surface area contributed by atoms with E-state index in [2.05, 4.69) is 23.3 Å². The fraction of sp³-hybridized carbons (Fsp3) is 0.600. The lowest BCUT2D eigenvalue weighted by molar-refractivity contribution is -0.0771. The maximum absolute atomic E-state index is 13.3. The Morgan fingerprint density at radius 3 is 2.79 bits per heavy atom. The first-order valence-electron chi connectivity index (χ1n) is 9.86. The molecule has 1 N–H and O–H groups in total. The second-order valence-electron chi connectivity index (χ2n) is 7.49. The highest BCUT2D eigenvalue weighted by Gasteiger charge is 2.41. The maximum atomic E-state index is 13.3. The summed E-state index contributed by atoms with van der Waals surface area (Å²) in [7, 11) is 1.97. The third-order valence-corrected chi connectivity index (χ3v) is 6.98. The maximum Gasteiger partial charge on any atom is 0.264 e. The van der Waals surface area contributed by atoms with E-state index in [0.717, 1.165) is 62.6 Å². The summed E-state index contributed by atoms with van der Waals surface area (Å²) >= 11 is 1.65. The fourth-order valence-corrected chi connectivity index (χ4v) is 5.51. The smallest absolute Gasteiger partial charge is 0.264 e. The molecule has 9 heteroatoms. The van der Waals surface area contributed by atoms with Crippen LogP contribution in [-0.2, 0) is 30.4 Å². The van der Waals surface area contributed by atoms with Gasteiger partial charge < -0.3 is 19.5 Å². The molecule has 4 rings (SSSR count). The van der Waals surface area contributed by atoms with Gasteiger partial charge in [0.25, 0.3) is 5.91 Å². The van der Waals surface area contributed by atoms with Gasteiger partial charge in [0.05, 0.1) is 18.0 Å². The molecule has 6 nitrogen and oxygen atoms in total. The SMILES string of the molecule is CCCN(Cc1nccn1C)C(=O)c1cc2c(s1)C1(CCNCC1)OCC2.Cl.Cl. The van der Waals surface area contributed by atoms with Crippen molar-refractivity contribution in [3.8, 4) is 0 Å². The Labute approximate surface area is 188 Å². The molecule has 0 aliphatic carbocycles. The van der Waals surface area contributed by atoms with Gasteiger partial charge in [-0.05, 0) is 50.4 Å². The number of nitrogens with one attached hydrogen (secondary N) is 1. The molecule has 1 fully saturated rings. The summed E-state index contributed by atoms with van der Waals surface area (Å²) in [5.41, 5.74) is 1.13. The summed E-state index contributed by atoms with van der Waals surface area (Å²) in [5.74, 6) is 1.03. The quantitative estimate of drug-likeness (QED) is 0.740. The Bertz CT molecular complexity index is 817. The van der Waals surface area contributed by atoms with Crippen molar-refractivity contribution >= 4 is 42.1 Å². The summed E-state index contributed by atoms with van der Waals surface area (Å²) in [5, 5.41) is 3.42. The monoisotopic (exact) mass is 460 g/mol. The molecule has 0 saturated carbocycles. The number of fused-ring (bicyclic) bond motifs is 2. The van der Waals surface area contributed by atoms with Crippen LogP contribution in [0, 0.1) is 0 Å². The third kappa shape index (κ3) is 4.80.